The number of nitrogens with zero attached hydrogens (tertiary/aromatic N) is 2. The Labute approximate surface area is 248 Å². The van der Waals surface area contributed by atoms with E-state index in [1.165, 1.54) is 38.4 Å². The molecule has 0 aliphatic carbocycles. The summed E-state index contributed by atoms with van der Waals surface area (Å²) in [5.41, 5.74) is 7.99. The quantitative estimate of drug-likeness (QED) is 0.176. The average Bonchev–Trinajstić information content (AvgIpc) is 3.05. The molecule has 0 radical (unpaired) electrons. The van der Waals surface area contributed by atoms with Crippen molar-refractivity contribution in [2.24, 2.45) is 0 Å². The van der Waals surface area contributed by atoms with E-state index in [4.69, 9.17) is 0 Å². The maximum Gasteiger partial charge on any atom is 0.0487 e. The maximum absolute atomic E-state index is 3.81. The minimum atomic E-state index is 1.10. The van der Waals surface area contributed by atoms with Crippen LogP contribution in [0.2, 0.25) is 0 Å². The Kier molecular flexibility index (Phi) is 7.70. The molecule has 0 spiro atoms. The molecule has 6 rings (SSSR count). The second-order valence-electron chi connectivity index (χ2n) is 10.3. The van der Waals surface area contributed by atoms with Gasteiger partial charge in [-0.05, 0) is 88.8 Å². The molecule has 0 bridgehead atoms. The van der Waals surface area contributed by atoms with Crippen LogP contribution in [0.4, 0.5) is 28.4 Å². The highest BCUT2D eigenvalue weighted by atomic mass is 15.1. The maximum atomic E-state index is 3.81. The first-order valence-electron chi connectivity index (χ1n) is 14.3. The van der Waals surface area contributed by atoms with Crippen LogP contribution >= 0.6 is 0 Å². The Morgan fingerprint density at radius 1 is 0.595 bits per heavy atom. The molecule has 0 aliphatic rings. The van der Waals surface area contributed by atoms with E-state index in [-0.39, 0.29) is 0 Å². The number of hydrogen-bond acceptors (Lipinski definition) is 2. The lowest BCUT2D eigenvalue weighted by Crippen LogP contribution is -2.12. The summed E-state index contributed by atoms with van der Waals surface area (Å²) in [7, 11) is 2.14. The lowest BCUT2D eigenvalue weighted by atomic mass is 10.0. The number of benzene rings is 6. The minimum Gasteiger partial charge on any atom is -0.344 e. The predicted octanol–water partition coefficient (Wildman–Crippen LogP) is 11.4. The smallest absolute Gasteiger partial charge is 0.0487 e. The van der Waals surface area contributed by atoms with E-state index in [1.807, 2.05) is 6.08 Å². The zero-order valence-corrected chi connectivity index (χ0v) is 24.1. The van der Waals surface area contributed by atoms with Gasteiger partial charge in [0.25, 0.3) is 0 Å². The van der Waals surface area contributed by atoms with Crippen LogP contribution in [-0.2, 0) is 0 Å². The third kappa shape index (κ3) is 5.35. The van der Waals surface area contributed by atoms with Crippen LogP contribution in [0.1, 0.15) is 12.5 Å². The molecule has 42 heavy (non-hydrogen) atoms. The van der Waals surface area contributed by atoms with Crippen molar-refractivity contribution in [2.45, 2.75) is 6.92 Å². The lowest BCUT2D eigenvalue weighted by molar-refractivity contribution is 1.21. The Morgan fingerprint density at radius 3 is 1.90 bits per heavy atom. The van der Waals surface area contributed by atoms with Gasteiger partial charge in [-0.2, -0.15) is 0 Å². The Hall–Kier alpha value is -5.34. The van der Waals surface area contributed by atoms with Gasteiger partial charge >= 0.3 is 0 Å². The van der Waals surface area contributed by atoms with E-state index in [1.54, 1.807) is 6.08 Å². The molecular formula is C40H34N2. The number of fused-ring (bicyclic) bond motifs is 2. The minimum absolute atomic E-state index is 1.10. The van der Waals surface area contributed by atoms with Crippen molar-refractivity contribution >= 4 is 55.6 Å². The molecule has 6 aromatic rings. The molecule has 2 heteroatoms. The van der Waals surface area contributed by atoms with Gasteiger partial charge in [-0.1, -0.05) is 110 Å². The predicted molar refractivity (Wildman–Crippen MR) is 184 cm³/mol. The van der Waals surface area contributed by atoms with Crippen molar-refractivity contribution in [3.63, 3.8) is 0 Å². The molecule has 0 N–H and O–H groups in total. The molecule has 0 aliphatic heterocycles. The van der Waals surface area contributed by atoms with E-state index in [9.17, 15) is 0 Å². The van der Waals surface area contributed by atoms with Crippen molar-refractivity contribution in [1.82, 2.24) is 0 Å². The first kappa shape index (κ1) is 26.9. The van der Waals surface area contributed by atoms with Gasteiger partial charge in [0.15, 0.2) is 0 Å². The zero-order chi connectivity index (χ0) is 28.9. The van der Waals surface area contributed by atoms with E-state index >= 15 is 0 Å². The largest absolute Gasteiger partial charge is 0.344 e. The first-order chi connectivity index (χ1) is 20.7. The molecule has 0 saturated heterocycles. The summed E-state index contributed by atoms with van der Waals surface area (Å²) in [6.07, 6.45) is 8.00. The van der Waals surface area contributed by atoms with E-state index < -0.39 is 0 Å². The summed E-state index contributed by atoms with van der Waals surface area (Å²) < 4.78 is 0. The van der Waals surface area contributed by atoms with Crippen LogP contribution < -0.4 is 9.80 Å². The highest BCUT2D eigenvalue weighted by Gasteiger charge is 2.15. The van der Waals surface area contributed by atoms with Crippen LogP contribution in [0, 0.1) is 0 Å². The van der Waals surface area contributed by atoms with Crippen LogP contribution in [0.25, 0.3) is 27.1 Å². The van der Waals surface area contributed by atoms with Gasteiger partial charge in [-0.3, -0.25) is 0 Å². The van der Waals surface area contributed by atoms with E-state index in [0.717, 1.165) is 22.7 Å². The van der Waals surface area contributed by atoms with Crippen molar-refractivity contribution < 1.29 is 0 Å². The molecule has 0 amide bonds. The van der Waals surface area contributed by atoms with Crippen molar-refractivity contribution in [3.8, 4) is 0 Å². The Morgan fingerprint density at radius 2 is 1.19 bits per heavy atom. The fourth-order valence-electron chi connectivity index (χ4n) is 5.56. The van der Waals surface area contributed by atoms with Gasteiger partial charge in [0.05, 0.1) is 0 Å². The molecule has 2 nitrogen and oxygen atoms in total. The number of rotatable bonds is 8. The summed E-state index contributed by atoms with van der Waals surface area (Å²) in [5, 5.41) is 4.93. The molecule has 204 valence electrons. The van der Waals surface area contributed by atoms with E-state index in [0.29, 0.717) is 0 Å². The second-order valence-corrected chi connectivity index (χ2v) is 10.3. The SMILES string of the molecule is C=C/C=C\C(=C/C)c1ccc(N(c2ccc(N(C)c3cccc4ccccc34)cc2)c2ccc3ccccc3c2)cc1. The summed E-state index contributed by atoms with van der Waals surface area (Å²) in [4.78, 5) is 4.59. The number of anilines is 5. The van der Waals surface area contributed by atoms with Crippen molar-refractivity contribution in [1.29, 1.82) is 0 Å². The molecule has 0 atom stereocenters. The van der Waals surface area contributed by atoms with Crippen LogP contribution in [0.15, 0.2) is 164 Å². The van der Waals surface area contributed by atoms with Crippen molar-refractivity contribution in [2.75, 3.05) is 16.8 Å². The van der Waals surface area contributed by atoms with Gasteiger partial charge in [0.1, 0.15) is 0 Å². The lowest BCUT2D eigenvalue weighted by Gasteiger charge is -2.27. The van der Waals surface area contributed by atoms with E-state index in [2.05, 4.69) is 176 Å². The fourth-order valence-corrected chi connectivity index (χ4v) is 5.56. The summed E-state index contributed by atoms with van der Waals surface area (Å²) in [6, 6.07) is 47.8. The molecule has 6 aromatic carbocycles. The van der Waals surface area contributed by atoms with Gasteiger partial charge in [-0.25, -0.2) is 0 Å². The van der Waals surface area contributed by atoms with Crippen LogP contribution in [-0.4, -0.2) is 7.05 Å². The first-order valence-corrected chi connectivity index (χ1v) is 14.3. The molecular weight excluding hydrogens is 508 g/mol. The fraction of sp³-hybridized carbons (Fsp3) is 0.0500. The highest BCUT2D eigenvalue weighted by Crippen LogP contribution is 2.38. The Balaban J connectivity index is 1.40. The molecule has 0 fully saturated rings. The normalized spacial score (nSPS) is 11.7. The third-order valence-corrected chi connectivity index (χ3v) is 7.80. The van der Waals surface area contributed by atoms with Crippen LogP contribution in [0.5, 0.6) is 0 Å². The number of allylic oxidation sites excluding steroid dienone is 5. The second kappa shape index (κ2) is 12.0. The topological polar surface area (TPSA) is 6.48 Å². The summed E-state index contributed by atoms with van der Waals surface area (Å²) in [6.45, 7) is 5.87. The third-order valence-electron chi connectivity index (χ3n) is 7.80. The number of hydrogen-bond donors (Lipinski definition) is 0. The summed E-state index contributed by atoms with van der Waals surface area (Å²) >= 11 is 0. The highest BCUT2D eigenvalue weighted by molar-refractivity contribution is 5.96. The molecule has 0 saturated carbocycles. The van der Waals surface area contributed by atoms with Gasteiger partial charge in [-0.15, -0.1) is 0 Å². The molecule has 0 aromatic heterocycles. The van der Waals surface area contributed by atoms with Crippen molar-refractivity contribution in [3.05, 3.63) is 170 Å². The van der Waals surface area contributed by atoms with Gasteiger partial charge < -0.3 is 9.80 Å². The van der Waals surface area contributed by atoms with Gasteiger partial charge in [0.2, 0.25) is 0 Å². The zero-order valence-electron chi connectivity index (χ0n) is 24.1. The van der Waals surface area contributed by atoms with Gasteiger partial charge in [0, 0.05) is 40.9 Å². The summed E-state index contributed by atoms with van der Waals surface area (Å²) in [5.74, 6) is 0. The monoisotopic (exact) mass is 542 g/mol. The van der Waals surface area contributed by atoms with Crippen LogP contribution in [0.3, 0.4) is 0 Å². The Bertz CT molecular complexity index is 1910. The average molecular weight is 543 g/mol. The molecule has 0 unspecified atom stereocenters. The molecule has 0 heterocycles. The standard InChI is InChI=1S/C40H34N2/c1-4-6-12-30(5-2)32-19-22-36(23-20-32)42(38-24-21-31-13-7-8-15-34(31)29-38)37-27-25-35(26-28-37)41(3)40-18-11-16-33-14-9-10-17-39(33)40/h4-29H,1H2,2-3H3/b12-6-,30-5+.